The van der Waals surface area contributed by atoms with Crippen molar-refractivity contribution in [2.24, 2.45) is 0 Å². The van der Waals surface area contributed by atoms with Crippen LogP contribution in [0.25, 0.3) is 0 Å². The van der Waals surface area contributed by atoms with Gasteiger partial charge in [-0.1, -0.05) is 0 Å². The molecule has 0 saturated heterocycles. The Balaban J connectivity index is 2.78. The minimum atomic E-state index is -4.24. The van der Waals surface area contributed by atoms with Crippen LogP contribution >= 0.6 is 0 Å². The number of alkyl halides is 3. The van der Waals surface area contributed by atoms with Crippen LogP contribution in [0, 0.1) is 0 Å². The zero-order chi connectivity index (χ0) is 9.19. The van der Waals surface area contributed by atoms with Gasteiger partial charge in [0.05, 0.1) is 0 Å². The van der Waals surface area contributed by atoms with Crippen molar-refractivity contribution < 1.29 is 13.2 Å². The van der Waals surface area contributed by atoms with Crippen molar-refractivity contribution in [1.29, 1.82) is 0 Å². The molecule has 1 rings (SSSR count). The predicted molar refractivity (Wildman–Crippen MR) is 36.8 cm³/mol. The van der Waals surface area contributed by atoms with Gasteiger partial charge < -0.3 is 4.57 Å². The Labute approximate surface area is 66.2 Å². The van der Waals surface area contributed by atoms with Crippen molar-refractivity contribution in [3.05, 3.63) is 34.7 Å². The normalized spacial score (nSPS) is 11.6. The van der Waals surface area contributed by atoms with E-state index in [1.165, 1.54) is 0 Å². The largest absolute Gasteiger partial charge is 0.406 e. The molecule has 1 aromatic heterocycles. The molecule has 0 bridgehead atoms. The molecule has 0 saturated carbocycles. The first-order valence-electron chi connectivity index (χ1n) is 3.20. The maximum atomic E-state index is 11.7. The fourth-order valence-corrected chi connectivity index (χ4v) is 0.756. The number of nitrogens with zero attached hydrogens (tertiary/aromatic N) is 1. The third-order valence-electron chi connectivity index (χ3n) is 1.22. The first kappa shape index (κ1) is 8.83. The van der Waals surface area contributed by atoms with Crippen molar-refractivity contribution >= 4 is 0 Å². The predicted octanol–water partition coefficient (Wildman–Crippen LogP) is 1.41. The molecule has 0 atom stereocenters. The van der Waals surface area contributed by atoms with E-state index in [-0.39, 0.29) is 5.43 Å². The lowest BCUT2D eigenvalue weighted by Gasteiger charge is -2.08. The van der Waals surface area contributed by atoms with E-state index in [9.17, 15) is 18.0 Å². The molecule has 0 radical (unpaired) electrons. The monoisotopic (exact) mass is 177 g/mol. The van der Waals surface area contributed by atoms with Gasteiger partial charge >= 0.3 is 6.18 Å². The second kappa shape index (κ2) is 3.00. The van der Waals surface area contributed by atoms with Crippen LogP contribution in [0.3, 0.4) is 0 Å². The van der Waals surface area contributed by atoms with Crippen molar-refractivity contribution in [2.75, 3.05) is 0 Å². The van der Waals surface area contributed by atoms with Gasteiger partial charge in [0.15, 0.2) is 5.43 Å². The van der Waals surface area contributed by atoms with Gasteiger partial charge in [-0.3, -0.25) is 4.79 Å². The molecule has 0 spiro atoms. The molecule has 0 aliphatic heterocycles. The summed E-state index contributed by atoms with van der Waals surface area (Å²) in [5, 5.41) is 0. The maximum absolute atomic E-state index is 11.7. The number of halogens is 3. The fraction of sp³-hybridized carbons (Fsp3) is 0.286. The fourth-order valence-electron chi connectivity index (χ4n) is 0.756. The molecule has 0 amide bonds. The van der Waals surface area contributed by atoms with E-state index in [0.29, 0.717) is 0 Å². The van der Waals surface area contributed by atoms with Crippen LogP contribution in [-0.4, -0.2) is 10.7 Å². The summed E-state index contributed by atoms with van der Waals surface area (Å²) in [4.78, 5) is 10.5. The first-order chi connectivity index (χ1) is 5.47. The number of hydrogen-bond acceptors (Lipinski definition) is 1. The topological polar surface area (TPSA) is 22.0 Å². The quantitative estimate of drug-likeness (QED) is 0.635. The summed E-state index contributed by atoms with van der Waals surface area (Å²) in [6, 6.07) is 2.18. The summed E-state index contributed by atoms with van der Waals surface area (Å²) in [6.07, 6.45) is -2.03. The van der Waals surface area contributed by atoms with E-state index in [0.717, 1.165) is 29.1 Å². The Bertz CT molecular complexity index is 295. The summed E-state index contributed by atoms with van der Waals surface area (Å²) in [6.45, 7) is -1.06. The van der Waals surface area contributed by atoms with Crippen molar-refractivity contribution in [3.8, 4) is 0 Å². The standard InChI is InChI=1S/C7H6F3NO/c8-7(9,10)5-11-3-1-6(12)2-4-11/h1-4H,5H2. The van der Waals surface area contributed by atoms with Gasteiger partial charge in [0.25, 0.3) is 0 Å². The molecule has 2 nitrogen and oxygen atoms in total. The highest BCUT2D eigenvalue weighted by Crippen LogP contribution is 2.16. The Morgan fingerprint density at radius 1 is 1.25 bits per heavy atom. The SMILES string of the molecule is O=c1ccn(CC(F)(F)F)cc1. The average molecular weight is 177 g/mol. The highest BCUT2D eigenvalue weighted by Gasteiger charge is 2.26. The zero-order valence-electron chi connectivity index (χ0n) is 6.01. The van der Waals surface area contributed by atoms with Gasteiger partial charge in [-0.05, 0) is 0 Å². The Morgan fingerprint density at radius 2 is 1.75 bits per heavy atom. The Kier molecular flexibility index (Phi) is 2.21. The third-order valence-corrected chi connectivity index (χ3v) is 1.22. The second-order valence-corrected chi connectivity index (χ2v) is 2.32. The highest BCUT2D eigenvalue weighted by molar-refractivity contribution is 4.93. The molecule has 0 N–H and O–H groups in total. The zero-order valence-corrected chi connectivity index (χ0v) is 6.01. The summed E-state index contributed by atoms with van der Waals surface area (Å²) in [5.74, 6) is 0. The minimum Gasteiger partial charge on any atom is -0.345 e. The molecule has 0 unspecified atom stereocenters. The van der Waals surface area contributed by atoms with E-state index in [1.54, 1.807) is 0 Å². The molecule has 5 heteroatoms. The van der Waals surface area contributed by atoms with Gasteiger partial charge in [-0.15, -0.1) is 0 Å². The lowest BCUT2D eigenvalue weighted by atomic mass is 10.4. The van der Waals surface area contributed by atoms with Crippen molar-refractivity contribution in [2.45, 2.75) is 12.7 Å². The van der Waals surface area contributed by atoms with Crippen LogP contribution in [0.2, 0.25) is 0 Å². The average Bonchev–Trinajstić information content (AvgIpc) is 1.91. The summed E-state index contributed by atoms with van der Waals surface area (Å²) in [7, 11) is 0. The first-order valence-corrected chi connectivity index (χ1v) is 3.20. The van der Waals surface area contributed by atoms with Crippen LogP contribution in [0.15, 0.2) is 29.3 Å². The van der Waals surface area contributed by atoms with Crippen LogP contribution in [0.1, 0.15) is 0 Å². The van der Waals surface area contributed by atoms with Crippen LogP contribution < -0.4 is 5.43 Å². The van der Waals surface area contributed by atoms with E-state index < -0.39 is 12.7 Å². The lowest BCUT2D eigenvalue weighted by Crippen LogP contribution is -2.18. The molecule has 12 heavy (non-hydrogen) atoms. The minimum absolute atomic E-state index is 0.298. The van der Waals surface area contributed by atoms with E-state index in [4.69, 9.17) is 0 Å². The van der Waals surface area contributed by atoms with Crippen molar-refractivity contribution in [1.82, 2.24) is 4.57 Å². The van der Waals surface area contributed by atoms with E-state index >= 15 is 0 Å². The van der Waals surface area contributed by atoms with Gasteiger partial charge in [-0.2, -0.15) is 13.2 Å². The molecule has 1 heterocycles. The van der Waals surface area contributed by atoms with Gasteiger partial charge in [0.2, 0.25) is 0 Å². The van der Waals surface area contributed by atoms with E-state index in [2.05, 4.69) is 0 Å². The number of hydrogen-bond donors (Lipinski definition) is 0. The molecule has 0 fully saturated rings. The van der Waals surface area contributed by atoms with Gasteiger partial charge in [-0.25, -0.2) is 0 Å². The number of pyridine rings is 1. The summed E-state index contributed by atoms with van der Waals surface area (Å²) < 4.78 is 36.1. The smallest absolute Gasteiger partial charge is 0.345 e. The summed E-state index contributed by atoms with van der Waals surface area (Å²) >= 11 is 0. The number of rotatable bonds is 1. The molecule has 0 aliphatic rings. The Hall–Kier alpha value is -1.26. The molecule has 66 valence electrons. The molecule has 1 aromatic rings. The van der Waals surface area contributed by atoms with Crippen molar-refractivity contribution in [3.63, 3.8) is 0 Å². The Morgan fingerprint density at radius 3 is 2.17 bits per heavy atom. The molecular formula is C7H6F3NO. The number of aromatic nitrogens is 1. The van der Waals surface area contributed by atoms with Gasteiger partial charge in [0.1, 0.15) is 6.54 Å². The van der Waals surface area contributed by atoms with Crippen LogP contribution in [-0.2, 0) is 6.54 Å². The summed E-state index contributed by atoms with van der Waals surface area (Å²) in [5.41, 5.74) is -0.298. The van der Waals surface area contributed by atoms with E-state index in [1.807, 2.05) is 0 Å². The van der Waals surface area contributed by atoms with Crippen LogP contribution in [0.5, 0.6) is 0 Å². The highest BCUT2D eigenvalue weighted by atomic mass is 19.4. The molecular weight excluding hydrogens is 171 g/mol. The van der Waals surface area contributed by atoms with Crippen LogP contribution in [0.4, 0.5) is 13.2 Å². The second-order valence-electron chi connectivity index (χ2n) is 2.32. The van der Waals surface area contributed by atoms with Gasteiger partial charge in [0, 0.05) is 24.5 Å². The third kappa shape index (κ3) is 2.77. The molecule has 0 aliphatic carbocycles. The molecule has 0 aromatic carbocycles. The maximum Gasteiger partial charge on any atom is 0.406 e. The lowest BCUT2D eigenvalue weighted by molar-refractivity contribution is -0.140.